The molecule has 1 heterocycles. The van der Waals surface area contributed by atoms with Gasteiger partial charge in [-0.1, -0.05) is 33.6 Å². The average molecular weight is 360 g/mol. The Morgan fingerprint density at radius 3 is 2.65 bits per heavy atom. The molecule has 0 aliphatic carbocycles. The number of nitrogens with zero attached hydrogens (tertiary/aromatic N) is 2. The van der Waals surface area contributed by atoms with Gasteiger partial charge in [0.25, 0.3) is 0 Å². The van der Waals surface area contributed by atoms with Gasteiger partial charge in [0, 0.05) is 12.4 Å². The quantitative estimate of drug-likeness (QED) is 0.761. The highest BCUT2D eigenvalue weighted by atomic mass is 79.9. The first kappa shape index (κ1) is 15.2. The van der Waals surface area contributed by atoms with Gasteiger partial charge in [-0.15, -0.1) is 0 Å². The smallest absolute Gasteiger partial charge is 0.161 e. The van der Waals surface area contributed by atoms with Gasteiger partial charge < -0.3 is 9.47 Å². The van der Waals surface area contributed by atoms with Crippen LogP contribution in [0.15, 0.2) is 18.2 Å². The fourth-order valence-electron chi connectivity index (χ4n) is 1.90. The number of hydrogen-bond acceptors (Lipinski definition) is 3. The zero-order valence-electron chi connectivity index (χ0n) is 11.6. The van der Waals surface area contributed by atoms with E-state index in [1.807, 2.05) is 32.2 Å². The van der Waals surface area contributed by atoms with Gasteiger partial charge in [-0.05, 0) is 24.6 Å². The summed E-state index contributed by atoms with van der Waals surface area (Å²) in [6, 6.07) is 5.83. The lowest BCUT2D eigenvalue weighted by atomic mass is 10.2. The zero-order chi connectivity index (χ0) is 14.7. The van der Waals surface area contributed by atoms with E-state index in [1.54, 1.807) is 11.8 Å². The Labute approximate surface area is 131 Å². The normalized spacial score (nSPS) is 10.7. The summed E-state index contributed by atoms with van der Waals surface area (Å²) >= 11 is 9.62. The van der Waals surface area contributed by atoms with E-state index in [9.17, 15) is 0 Å². The van der Waals surface area contributed by atoms with Crippen molar-refractivity contribution in [1.29, 1.82) is 0 Å². The molecule has 2 rings (SSSR count). The summed E-state index contributed by atoms with van der Waals surface area (Å²) < 4.78 is 12.9. The molecule has 0 N–H and O–H groups in total. The number of alkyl halides is 1. The van der Waals surface area contributed by atoms with Crippen LogP contribution in [0.25, 0.3) is 0 Å². The van der Waals surface area contributed by atoms with Crippen LogP contribution in [0.1, 0.15) is 17.0 Å². The minimum Gasteiger partial charge on any atom is -0.493 e. The molecule has 0 saturated heterocycles. The Morgan fingerprint density at radius 1 is 1.35 bits per heavy atom. The number of aryl methyl sites for hydroxylation is 2. The largest absolute Gasteiger partial charge is 0.493 e. The van der Waals surface area contributed by atoms with E-state index in [0.717, 1.165) is 22.3 Å². The number of hydrogen-bond donors (Lipinski definition) is 0. The first-order valence-corrected chi connectivity index (χ1v) is 7.60. The molecule has 2 aromatic rings. The van der Waals surface area contributed by atoms with Crippen molar-refractivity contribution in [3.8, 4) is 11.5 Å². The molecule has 20 heavy (non-hydrogen) atoms. The van der Waals surface area contributed by atoms with Crippen LogP contribution < -0.4 is 9.47 Å². The van der Waals surface area contributed by atoms with Gasteiger partial charge in [0.1, 0.15) is 6.61 Å². The highest BCUT2D eigenvalue weighted by molar-refractivity contribution is 9.08. The summed E-state index contributed by atoms with van der Waals surface area (Å²) in [6.07, 6.45) is 0. The lowest BCUT2D eigenvalue weighted by Crippen LogP contribution is -2.04. The molecule has 0 fully saturated rings. The number of aromatic nitrogens is 2. The van der Waals surface area contributed by atoms with Crippen molar-refractivity contribution >= 4 is 27.5 Å². The fourth-order valence-corrected chi connectivity index (χ4v) is 2.46. The predicted molar refractivity (Wildman–Crippen MR) is 82.9 cm³/mol. The summed E-state index contributed by atoms with van der Waals surface area (Å²) in [5.41, 5.74) is 2.77. The predicted octanol–water partition coefficient (Wildman–Crippen LogP) is 3.86. The van der Waals surface area contributed by atoms with Gasteiger partial charge in [0.05, 0.1) is 23.5 Å². The topological polar surface area (TPSA) is 36.3 Å². The Balaban J connectivity index is 2.18. The first-order valence-electron chi connectivity index (χ1n) is 6.10. The second-order valence-corrected chi connectivity index (χ2v) is 5.32. The minimum absolute atomic E-state index is 0.347. The van der Waals surface area contributed by atoms with Crippen LogP contribution in [0.5, 0.6) is 11.5 Å². The van der Waals surface area contributed by atoms with E-state index in [-0.39, 0.29) is 0 Å². The maximum atomic E-state index is 6.20. The molecule has 0 saturated carbocycles. The van der Waals surface area contributed by atoms with Gasteiger partial charge in [0.15, 0.2) is 11.5 Å². The lowest BCUT2D eigenvalue weighted by molar-refractivity contribution is 0.275. The maximum Gasteiger partial charge on any atom is 0.161 e. The van der Waals surface area contributed by atoms with Gasteiger partial charge >= 0.3 is 0 Å². The third kappa shape index (κ3) is 3.10. The molecule has 6 heteroatoms. The first-order chi connectivity index (χ1) is 9.56. The van der Waals surface area contributed by atoms with Crippen LogP contribution >= 0.6 is 27.5 Å². The maximum absolute atomic E-state index is 6.20. The molecule has 0 spiro atoms. The molecule has 0 amide bonds. The van der Waals surface area contributed by atoms with Crippen molar-refractivity contribution in [3.63, 3.8) is 0 Å². The lowest BCUT2D eigenvalue weighted by Gasteiger charge is -2.12. The van der Waals surface area contributed by atoms with Crippen molar-refractivity contribution in [2.45, 2.75) is 18.9 Å². The van der Waals surface area contributed by atoms with Crippen molar-refractivity contribution in [3.05, 3.63) is 40.2 Å². The standard InChI is InChI=1S/C14H16BrClN2O2/c1-9-14(16)11(18(2)17-9)8-20-12-5-4-10(7-15)6-13(12)19-3/h4-6H,7-8H2,1-3H3. The third-order valence-corrected chi connectivity index (χ3v) is 4.15. The molecule has 4 nitrogen and oxygen atoms in total. The molecule has 1 aromatic carbocycles. The summed E-state index contributed by atoms with van der Waals surface area (Å²) in [4.78, 5) is 0. The van der Waals surface area contributed by atoms with E-state index in [2.05, 4.69) is 21.0 Å². The van der Waals surface area contributed by atoms with Crippen molar-refractivity contribution in [2.24, 2.45) is 7.05 Å². The molecule has 0 unspecified atom stereocenters. The number of ether oxygens (including phenoxy) is 2. The van der Waals surface area contributed by atoms with Crippen LogP contribution in [0.2, 0.25) is 5.02 Å². The van der Waals surface area contributed by atoms with Gasteiger partial charge in [-0.25, -0.2) is 0 Å². The number of halogens is 2. The van der Waals surface area contributed by atoms with Crippen LogP contribution in [0.4, 0.5) is 0 Å². The highest BCUT2D eigenvalue weighted by Gasteiger charge is 2.13. The second-order valence-electron chi connectivity index (χ2n) is 4.38. The molecule has 0 bridgehead atoms. The molecule has 0 atom stereocenters. The van der Waals surface area contributed by atoms with E-state index in [1.165, 1.54) is 0 Å². The number of methoxy groups -OCH3 is 1. The Morgan fingerprint density at radius 2 is 2.10 bits per heavy atom. The van der Waals surface area contributed by atoms with Crippen molar-refractivity contribution < 1.29 is 9.47 Å². The van der Waals surface area contributed by atoms with Gasteiger partial charge in [-0.2, -0.15) is 5.10 Å². The number of rotatable bonds is 5. The molecule has 0 radical (unpaired) electrons. The molecule has 0 aliphatic heterocycles. The summed E-state index contributed by atoms with van der Waals surface area (Å²) in [7, 11) is 3.48. The van der Waals surface area contributed by atoms with Crippen LogP contribution in [-0.4, -0.2) is 16.9 Å². The molecule has 1 aromatic heterocycles. The minimum atomic E-state index is 0.347. The van der Waals surface area contributed by atoms with Crippen molar-refractivity contribution in [2.75, 3.05) is 7.11 Å². The summed E-state index contributed by atoms with van der Waals surface area (Å²) in [5, 5.41) is 5.68. The summed E-state index contributed by atoms with van der Waals surface area (Å²) in [5.74, 6) is 1.39. The molecular weight excluding hydrogens is 344 g/mol. The summed E-state index contributed by atoms with van der Waals surface area (Å²) in [6.45, 7) is 2.22. The molecular formula is C14H16BrClN2O2. The SMILES string of the molecule is COc1cc(CBr)ccc1OCc1c(Cl)c(C)nn1C. The zero-order valence-corrected chi connectivity index (χ0v) is 14.0. The van der Waals surface area contributed by atoms with E-state index < -0.39 is 0 Å². The van der Waals surface area contributed by atoms with E-state index in [4.69, 9.17) is 21.1 Å². The molecule has 108 valence electrons. The Kier molecular flexibility index (Phi) is 4.94. The monoisotopic (exact) mass is 358 g/mol. The third-order valence-electron chi connectivity index (χ3n) is 3.01. The highest BCUT2D eigenvalue weighted by Crippen LogP contribution is 2.30. The van der Waals surface area contributed by atoms with Crippen molar-refractivity contribution in [1.82, 2.24) is 9.78 Å². The molecule has 0 aliphatic rings. The van der Waals surface area contributed by atoms with E-state index in [0.29, 0.717) is 23.1 Å². The van der Waals surface area contributed by atoms with Gasteiger partial charge in [-0.3, -0.25) is 4.68 Å². The van der Waals surface area contributed by atoms with Crippen LogP contribution in [0, 0.1) is 6.92 Å². The van der Waals surface area contributed by atoms with Gasteiger partial charge in [0.2, 0.25) is 0 Å². The Hall–Kier alpha value is -1.20. The second kappa shape index (κ2) is 6.50. The fraction of sp³-hybridized carbons (Fsp3) is 0.357. The number of benzene rings is 1. The van der Waals surface area contributed by atoms with Crippen LogP contribution in [-0.2, 0) is 19.0 Å². The van der Waals surface area contributed by atoms with Crippen LogP contribution in [0.3, 0.4) is 0 Å². The average Bonchev–Trinajstić information content (AvgIpc) is 2.70. The Bertz CT molecular complexity index is 613. The van der Waals surface area contributed by atoms with E-state index >= 15 is 0 Å².